The van der Waals surface area contributed by atoms with Gasteiger partial charge in [0.1, 0.15) is 0 Å². The van der Waals surface area contributed by atoms with E-state index in [0.29, 0.717) is 24.6 Å². The summed E-state index contributed by atoms with van der Waals surface area (Å²) < 4.78 is 39.2. The van der Waals surface area contributed by atoms with Crippen LogP contribution in [0.5, 0.6) is 0 Å². The fourth-order valence-electron chi connectivity index (χ4n) is 3.06. The van der Waals surface area contributed by atoms with Crippen LogP contribution in [0.4, 0.5) is 13.2 Å². The van der Waals surface area contributed by atoms with E-state index in [9.17, 15) is 18.0 Å². The summed E-state index contributed by atoms with van der Waals surface area (Å²) in [7, 11) is 0. The number of nitrogens with zero attached hydrogens (tertiary/aromatic N) is 1. The molecular weight excluding hydrogens is 281 g/mol. The van der Waals surface area contributed by atoms with Crippen LogP contribution in [0.3, 0.4) is 0 Å². The topological polar surface area (TPSA) is 32.3 Å². The molecule has 2 saturated heterocycles. The second-order valence-corrected chi connectivity index (χ2v) is 5.86. The van der Waals surface area contributed by atoms with Crippen molar-refractivity contribution < 1.29 is 18.0 Å². The highest BCUT2D eigenvalue weighted by atomic mass is 19.4. The Morgan fingerprint density at radius 1 is 1.38 bits per heavy atom. The van der Waals surface area contributed by atoms with E-state index in [-0.39, 0.29) is 11.6 Å². The van der Waals surface area contributed by atoms with Crippen LogP contribution in [0.2, 0.25) is 0 Å². The zero-order valence-corrected chi connectivity index (χ0v) is 11.7. The number of fused-ring (bicyclic) bond motifs is 1. The van der Waals surface area contributed by atoms with Crippen LogP contribution in [0.25, 0.3) is 0 Å². The lowest BCUT2D eigenvalue weighted by atomic mass is 9.84. The molecule has 0 spiro atoms. The van der Waals surface area contributed by atoms with Gasteiger partial charge in [0.25, 0.3) is 5.91 Å². The second kappa shape index (κ2) is 5.02. The van der Waals surface area contributed by atoms with Gasteiger partial charge in [0.05, 0.1) is 11.1 Å². The van der Waals surface area contributed by atoms with Crippen LogP contribution < -0.4 is 5.32 Å². The van der Waals surface area contributed by atoms with Gasteiger partial charge in [0, 0.05) is 19.1 Å². The van der Waals surface area contributed by atoms with Crippen molar-refractivity contribution in [2.75, 3.05) is 19.6 Å². The molecule has 2 fully saturated rings. The first kappa shape index (κ1) is 14.4. The Morgan fingerprint density at radius 2 is 2.14 bits per heavy atom. The Labute approximate surface area is 121 Å². The van der Waals surface area contributed by atoms with Gasteiger partial charge in [0.15, 0.2) is 0 Å². The quantitative estimate of drug-likeness (QED) is 0.864. The van der Waals surface area contributed by atoms with Gasteiger partial charge in [0.2, 0.25) is 0 Å². The SMILES string of the molecule is Cc1ccc(C(F)(F)F)c(C(=O)N2CCC3CNC3C2)c1. The number of alkyl halides is 3. The number of likely N-dealkylation sites (tertiary alicyclic amines) is 1. The molecular formula is C15H17F3N2O. The van der Waals surface area contributed by atoms with Crippen molar-refractivity contribution in [2.24, 2.45) is 5.92 Å². The van der Waals surface area contributed by atoms with Crippen molar-refractivity contribution in [3.05, 3.63) is 34.9 Å². The lowest BCUT2D eigenvalue weighted by molar-refractivity contribution is -0.138. The number of piperidine rings is 1. The van der Waals surface area contributed by atoms with Gasteiger partial charge in [-0.3, -0.25) is 4.79 Å². The predicted molar refractivity (Wildman–Crippen MR) is 72.0 cm³/mol. The van der Waals surface area contributed by atoms with Crippen molar-refractivity contribution in [2.45, 2.75) is 25.6 Å². The first-order chi connectivity index (χ1) is 9.86. The van der Waals surface area contributed by atoms with Crippen LogP contribution in [-0.4, -0.2) is 36.5 Å². The van der Waals surface area contributed by atoms with Crippen molar-refractivity contribution in [3.63, 3.8) is 0 Å². The van der Waals surface area contributed by atoms with Gasteiger partial charge >= 0.3 is 6.18 Å². The fourth-order valence-corrected chi connectivity index (χ4v) is 3.06. The van der Waals surface area contributed by atoms with Crippen molar-refractivity contribution in [3.8, 4) is 0 Å². The zero-order valence-electron chi connectivity index (χ0n) is 11.7. The molecule has 2 heterocycles. The maximum Gasteiger partial charge on any atom is 0.417 e. The van der Waals surface area contributed by atoms with Crippen molar-refractivity contribution >= 4 is 5.91 Å². The number of carbonyl (C=O) groups is 1. The predicted octanol–water partition coefficient (Wildman–Crippen LogP) is 2.45. The maximum absolute atomic E-state index is 13.1. The van der Waals surface area contributed by atoms with Crippen LogP contribution in [-0.2, 0) is 6.18 Å². The number of rotatable bonds is 1. The van der Waals surface area contributed by atoms with Crippen LogP contribution in [0.1, 0.15) is 27.9 Å². The second-order valence-electron chi connectivity index (χ2n) is 5.86. The van der Waals surface area contributed by atoms with Gasteiger partial charge in [-0.2, -0.15) is 13.2 Å². The van der Waals surface area contributed by atoms with E-state index >= 15 is 0 Å². The summed E-state index contributed by atoms with van der Waals surface area (Å²) in [4.78, 5) is 14.0. The molecule has 21 heavy (non-hydrogen) atoms. The Bertz CT molecular complexity index is 571. The summed E-state index contributed by atoms with van der Waals surface area (Å²) >= 11 is 0. The summed E-state index contributed by atoms with van der Waals surface area (Å²) in [6, 6.07) is 3.96. The zero-order chi connectivity index (χ0) is 15.2. The monoisotopic (exact) mass is 298 g/mol. The highest BCUT2D eigenvalue weighted by molar-refractivity contribution is 5.96. The average Bonchev–Trinajstić information content (AvgIpc) is 2.38. The minimum atomic E-state index is -4.51. The first-order valence-corrected chi connectivity index (χ1v) is 7.07. The van der Waals surface area contributed by atoms with E-state index < -0.39 is 17.6 Å². The third-order valence-electron chi connectivity index (χ3n) is 4.40. The lowest BCUT2D eigenvalue weighted by Gasteiger charge is -2.46. The molecule has 0 aliphatic carbocycles. The summed E-state index contributed by atoms with van der Waals surface area (Å²) in [6.07, 6.45) is -3.65. The van der Waals surface area contributed by atoms with E-state index in [2.05, 4.69) is 5.32 Å². The number of nitrogens with one attached hydrogen (secondary N) is 1. The molecule has 2 aliphatic rings. The van der Waals surface area contributed by atoms with E-state index in [0.717, 1.165) is 19.0 Å². The lowest BCUT2D eigenvalue weighted by Crippen LogP contribution is -2.62. The molecule has 3 nitrogen and oxygen atoms in total. The smallest absolute Gasteiger partial charge is 0.337 e. The van der Waals surface area contributed by atoms with E-state index in [4.69, 9.17) is 0 Å². The minimum absolute atomic E-state index is 0.236. The Balaban J connectivity index is 1.88. The molecule has 1 aromatic carbocycles. The van der Waals surface area contributed by atoms with Gasteiger partial charge in [-0.25, -0.2) is 0 Å². The molecule has 1 aromatic rings. The first-order valence-electron chi connectivity index (χ1n) is 7.07. The largest absolute Gasteiger partial charge is 0.417 e. The molecule has 114 valence electrons. The van der Waals surface area contributed by atoms with Crippen LogP contribution in [0.15, 0.2) is 18.2 Å². The maximum atomic E-state index is 13.1. The Morgan fingerprint density at radius 3 is 2.71 bits per heavy atom. The third-order valence-corrected chi connectivity index (χ3v) is 4.40. The standard InChI is InChI=1S/C15H17F3N2O/c1-9-2-3-12(15(16,17)18)11(6-9)14(21)20-5-4-10-7-19-13(10)8-20/h2-3,6,10,13,19H,4-5,7-8H2,1H3. The van der Waals surface area contributed by atoms with Crippen molar-refractivity contribution in [1.82, 2.24) is 10.2 Å². The van der Waals surface area contributed by atoms with Crippen LogP contribution >= 0.6 is 0 Å². The van der Waals surface area contributed by atoms with Crippen molar-refractivity contribution in [1.29, 1.82) is 0 Å². The highest BCUT2D eigenvalue weighted by Gasteiger charge is 2.40. The van der Waals surface area contributed by atoms with E-state index in [1.54, 1.807) is 6.92 Å². The molecule has 0 radical (unpaired) electrons. The molecule has 0 saturated carbocycles. The summed E-state index contributed by atoms with van der Waals surface area (Å²) in [5.74, 6) is 0.0480. The number of benzene rings is 1. The average molecular weight is 298 g/mol. The van der Waals surface area contributed by atoms with Gasteiger partial charge in [-0.15, -0.1) is 0 Å². The van der Waals surface area contributed by atoms with Gasteiger partial charge < -0.3 is 10.2 Å². The normalized spacial score (nSPS) is 25.2. The molecule has 2 aliphatic heterocycles. The number of carbonyl (C=O) groups excluding carboxylic acids is 1. The number of aryl methyl sites for hydroxylation is 1. The Kier molecular flexibility index (Phi) is 3.43. The Hall–Kier alpha value is -1.56. The molecule has 2 unspecified atom stereocenters. The molecule has 0 bridgehead atoms. The number of hydrogen-bond acceptors (Lipinski definition) is 2. The summed E-state index contributed by atoms with van der Waals surface area (Å²) in [6.45, 7) is 3.67. The minimum Gasteiger partial charge on any atom is -0.337 e. The van der Waals surface area contributed by atoms with E-state index in [1.807, 2.05) is 0 Å². The summed E-state index contributed by atoms with van der Waals surface area (Å²) in [5.41, 5.74) is -0.426. The van der Waals surface area contributed by atoms with Gasteiger partial charge in [-0.1, -0.05) is 11.6 Å². The number of halogens is 3. The molecule has 6 heteroatoms. The number of hydrogen-bond donors (Lipinski definition) is 1. The highest BCUT2D eigenvalue weighted by Crippen LogP contribution is 2.34. The fraction of sp³-hybridized carbons (Fsp3) is 0.533. The number of amides is 1. The molecule has 2 atom stereocenters. The molecule has 1 N–H and O–H groups in total. The van der Waals surface area contributed by atoms with Crippen LogP contribution in [0, 0.1) is 12.8 Å². The third kappa shape index (κ3) is 2.64. The summed E-state index contributed by atoms with van der Waals surface area (Å²) in [5, 5.41) is 3.22. The van der Waals surface area contributed by atoms with E-state index in [1.165, 1.54) is 17.0 Å². The molecule has 0 aromatic heterocycles. The molecule has 1 amide bonds. The molecule has 3 rings (SSSR count). The van der Waals surface area contributed by atoms with Gasteiger partial charge in [-0.05, 0) is 37.9 Å².